The maximum Gasteiger partial charge on any atom is 0.417 e. The van der Waals surface area contributed by atoms with E-state index < -0.39 is 52.9 Å². The number of nitrogens with zero attached hydrogens (tertiary/aromatic N) is 2. The third-order valence-electron chi connectivity index (χ3n) is 8.46. The Bertz CT molecular complexity index is 1260. The third-order valence-corrected chi connectivity index (χ3v) is 8.46. The lowest BCUT2D eigenvalue weighted by atomic mass is 9.81. The van der Waals surface area contributed by atoms with Crippen LogP contribution in [0, 0.1) is 11.3 Å². The van der Waals surface area contributed by atoms with Crippen molar-refractivity contribution in [1.82, 2.24) is 9.80 Å². The zero-order valence-corrected chi connectivity index (χ0v) is 25.2. The highest BCUT2D eigenvalue weighted by Gasteiger charge is 2.45. The topological polar surface area (TPSA) is 131 Å². The molecule has 2 amide bonds. The number of benzene rings is 1. The standard InChI is InChI=1S/C32H42F3N3O6/c1-4-8-26-23(9-7-18-38(26)29(41)22(3)24(14-17-36)32(33,34)35)30(42)37-19-15-31(43,16-20-37)25-10-5-6-11-27(25)44-21(2)12-13-28(39)40/h5-6,10-11,14,17,21,23,26,36,43H,3-4,7-9,12-13,15-16,18-20H2,1-2H3,(H,39,40)/b24-14+,36-17?. The highest BCUT2D eigenvalue weighted by atomic mass is 19.4. The van der Waals surface area contributed by atoms with E-state index in [4.69, 9.17) is 15.3 Å². The minimum Gasteiger partial charge on any atom is -0.490 e. The van der Waals surface area contributed by atoms with Gasteiger partial charge in [0.1, 0.15) is 5.75 Å². The molecule has 242 valence electrons. The number of alkyl halides is 3. The zero-order valence-electron chi connectivity index (χ0n) is 25.2. The van der Waals surface area contributed by atoms with Crippen molar-refractivity contribution < 1.29 is 42.5 Å². The number of carboxylic acids is 1. The van der Waals surface area contributed by atoms with Crippen LogP contribution in [-0.4, -0.2) is 82.0 Å². The van der Waals surface area contributed by atoms with E-state index in [0.717, 1.165) is 0 Å². The number of amides is 2. The Morgan fingerprint density at radius 2 is 1.86 bits per heavy atom. The molecule has 0 aliphatic carbocycles. The number of para-hydroxylation sites is 1. The van der Waals surface area contributed by atoms with Gasteiger partial charge in [0.2, 0.25) is 5.91 Å². The van der Waals surface area contributed by atoms with E-state index in [1.807, 2.05) is 6.92 Å². The molecule has 1 aromatic rings. The fourth-order valence-electron chi connectivity index (χ4n) is 6.15. The molecule has 0 radical (unpaired) electrons. The van der Waals surface area contributed by atoms with Gasteiger partial charge in [-0.1, -0.05) is 38.1 Å². The summed E-state index contributed by atoms with van der Waals surface area (Å²) >= 11 is 0. The van der Waals surface area contributed by atoms with Crippen LogP contribution in [-0.2, 0) is 20.0 Å². The van der Waals surface area contributed by atoms with E-state index in [9.17, 15) is 32.7 Å². The molecule has 9 nitrogen and oxygen atoms in total. The number of allylic oxidation sites excluding steroid dienone is 1. The molecule has 3 unspecified atom stereocenters. The lowest BCUT2D eigenvalue weighted by Gasteiger charge is -2.45. The zero-order chi connectivity index (χ0) is 32.7. The number of hydrogen-bond acceptors (Lipinski definition) is 6. The van der Waals surface area contributed by atoms with Crippen LogP contribution in [0.1, 0.15) is 70.8 Å². The maximum atomic E-state index is 13.8. The quantitative estimate of drug-likeness (QED) is 0.166. The molecule has 12 heteroatoms. The number of aliphatic hydroxyl groups is 1. The van der Waals surface area contributed by atoms with Crippen LogP contribution >= 0.6 is 0 Å². The first-order chi connectivity index (χ1) is 20.7. The van der Waals surface area contributed by atoms with Crippen LogP contribution < -0.4 is 4.74 Å². The number of carboxylic acid groups (broad SMARTS) is 1. The van der Waals surface area contributed by atoms with E-state index in [-0.39, 0.29) is 44.8 Å². The fraction of sp³-hybridized carbons (Fsp3) is 0.562. The molecule has 3 rings (SSSR count). The van der Waals surface area contributed by atoms with Gasteiger partial charge < -0.3 is 30.2 Å². The van der Waals surface area contributed by atoms with Crippen molar-refractivity contribution in [3.8, 4) is 5.75 Å². The second kappa shape index (κ2) is 14.9. The first-order valence-electron chi connectivity index (χ1n) is 15.0. The summed E-state index contributed by atoms with van der Waals surface area (Å²) in [5, 5.41) is 27.7. The molecule has 0 saturated carbocycles. The summed E-state index contributed by atoms with van der Waals surface area (Å²) in [7, 11) is 0. The number of piperidine rings is 2. The number of rotatable bonds is 12. The maximum absolute atomic E-state index is 13.8. The number of hydrogen-bond donors (Lipinski definition) is 3. The van der Waals surface area contributed by atoms with Gasteiger partial charge in [-0.05, 0) is 57.6 Å². The largest absolute Gasteiger partial charge is 0.490 e. The van der Waals surface area contributed by atoms with E-state index in [1.54, 1.807) is 36.1 Å². The van der Waals surface area contributed by atoms with Gasteiger partial charge in [-0.25, -0.2) is 0 Å². The highest BCUT2D eigenvalue weighted by Crippen LogP contribution is 2.40. The second-order valence-corrected chi connectivity index (χ2v) is 11.5. The third kappa shape index (κ3) is 8.28. The Labute approximate surface area is 255 Å². The molecular formula is C32H42F3N3O6. The summed E-state index contributed by atoms with van der Waals surface area (Å²) in [6.07, 6.45) is -1.64. The summed E-state index contributed by atoms with van der Waals surface area (Å²) < 4.78 is 46.8. The van der Waals surface area contributed by atoms with Crippen LogP contribution in [0.2, 0.25) is 0 Å². The van der Waals surface area contributed by atoms with Crippen molar-refractivity contribution in [2.24, 2.45) is 5.92 Å². The van der Waals surface area contributed by atoms with E-state index in [1.165, 1.54) is 4.90 Å². The van der Waals surface area contributed by atoms with Gasteiger partial charge in [-0.3, -0.25) is 14.4 Å². The van der Waals surface area contributed by atoms with Gasteiger partial charge in [-0.2, -0.15) is 13.2 Å². The first-order valence-corrected chi connectivity index (χ1v) is 15.0. The number of halogens is 3. The SMILES string of the molecule is C=C(C(=O)N1CCCC(C(=O)N2CCC(O)(c3ccccc3OC(C)CCC(=O)O)CC2)C1CCC)/C(=C\C=N)C(F)(F)F. The molecule has 2 saturated heterocycles. The summed E-state index contributed by atoms with van der Waals surface area (Å²) in [5.41, 5.74) is -2.76. The van der Waals surface area contributed by atoms with Crippen molar-refractivity contribution in [2.75, 3.05) is 19.6 Å². The van der Waals surface area contributed by atoms with E-state index in [2.05, 4.69) is 6.58 Å². The Balaban J connectivity index is 1.75. The van der Waals surface area contributed by atoms with Gasteiger partial charge in [0.15, 0.2) is 0 Å². The predicted molar refractivity (Wildman–Crippen MR) is 158 cm³/mol. The Morgan fingerprint density at radius 3 is 2.45 bits per heavy atom. The first kappa shape index (κ1) is 34.8. The number of aliphatic carboxylic acids is 1. The molecule has 0 aromatic heterocycles. The molecule has 2 fully saturated rings. The molecule has 3 atom stereocenters. The van der Waals surface area contributed by atoms with Crippen molar-refractivity contribution in [3.05, 3.63) is 53.6 Å². The van der Waals surface area contributed by atoms with Crippen LogP contribution in [0.15, 0.2) is 48.1 Å². The van der Waals surface area contributed by atoms with Crippen molar-refractivity contribution in [1.29, 1.82) is 5.41 Å². The number of nitrogens with one attached hydrogen (secondary N) is 1. The average Bonchev–Trinajstić information content (AvgIpc) is 2.98. The number of likely N-dealkylation sites (tertiary alicyclic amines) is 2. The summed E-state index contributed by atoms with van der Waals surface area (Å²) in [5.74, 6) is -2.18. The number of carbonyl (C=O) groups excluding carboxylic acids is 2. The Hall–Kier alpha value is -3.67. The molecule has 0 spiro atoms. The van der Waals surface area contributed by atoms with Crippen molar-refractivity contribution >= 4 is 24.0 Å². The molecule has 3 N–H and O–H groups in total. The van der Waals surface area contributed by atoms with Crippen LogP contribution in [0.25, 0.3) is 0 Å². The normalized spacial score (nSPS) is 21.4. The summed E-state index contributed by atoms with van der Waals surface area (Å²) in [4.78, 5) is 41.1. The summed E-state index contributed by atoms with van der Waals surface area (Å²) in [6.45, 7) is 7.72. The van der Waals surface area contributed by atoms with Crippen LogP contribution in [0.5, 0.6) is 5.75 Å². The van der Waals surface area contributed by atoms with Gasteiger partial charge >= 0.3 is 12.1 Å². The molecule has 2 aliphatic rings. The smallest absolute Gasteiger partial charge is 0.417 e. The predicted octanol–water partition coefficient (Wildman–Crippen LogP) is 5.23. The monoisotopic (exact) mass is 621 g/mol. The molecule has 1 aromatic carbocycles. The Morgan fingerprint density at radius 1 is 1.20 bits per heavy atom. The van der Waals surface area contributed by atoms with Crippen LogP contribution in [0.3, 0.4) is 0 Å². The molecule has 2 heterocycles. The molecular weight excluding hydrogens is 579 g/mol. The van der Waals surface area contributed by atoms with Crippen LogP contribution in [0.4, 0.5) is 13.2 Å². The van der Waals surface area contributed by atoms with Crippen molar-refractivity contribution in [2.45, 2.75) is 89.1 Å². The van der Waals surface area contributed by atoms with E-state index >= 15 is 0 Å². The minimum absolute atomic E-state index is 0.0496. The van der Waals surface area contributed by atoms with Gasteiger partial charge in [0.05, 0.1) is 23.2 Å². The molecule has 2 aliphatic heterocycles. The molecule has 0 bridgehead atoms. The lowest BCUT2D eigenvalue weighted by Crippen LogP contribution is -2.55. The minimum atomic E-state index is -4.86. The fourth-order valence-corrected chi connectivity index (χ4v) is 6.15. The second-order valence-electron chi connectivity index (χ2n) is 11.5. The lowest BCUT2D eigenvalue weighted by molar-refractivity contribution is -0.148. The summed E-state index contributed by atoms with van der Waals surface area (Å²) in [6, 6.07) is 6.41. The van der Waals surface area contributed by atoms with Gasteiger partial charge in [0, 0.05) is 49.4 Å². The van der Waals surface area contributed by atoms with Gasteiger partial charge in [-0.15, -0.1) is 0 Å². The highest BCUT2D eigenvalue weighted by molar-refractivity contribution is 5.99. The van der Waals surface area contributed by atoms with E-state index in [0.29, 0.717) is 55.7 Å². The Kier molecular flexibility index (Phi) is 11.8. The average molecular weight is 622 g/mol. The van der Waals surface area contributed by atoms with Gasteiger partial charge in [0.25, 0.3) is 5.91 Å². The number of ether oxygens (including phenoxy) is 1. The van der Waals surface area contributed by atoms with Crippen molar-refractivity contribution in [3.63, 3.8) is 0 Å². The molecule has 44 heavy (non-hydrogen) atoms. The number of carbonyl (C=O) groups is 3.